The summed E-state index contributed by atoms with van der Waals surface area (Å²) in [6, 6.07) is 10.6. The number of rotatable bonds is 2. The number of fused-ring (bicyclic) bond motifs is 3. The summed E-state index contributed by atoms with van der Waals surface area (Å²) in [7, 11) is 0. The van der Waals surface area contributed by atoms with Gasteiger partial charge in [-0.1, -0.05) is 42.5 Å². The van der Waals surface area contributed by atoms with E-state index in [4.69, 9.17) is 5.11 Å². The molecule has 110 valence electrons. The Labute approximate surface area is 119 Å². The highest BCUT2D eigenvalue weighted by Crippen LogP contribution is 2.54. The van der Waals surface area contributed by atoms with E-state index in [-0.39, 0.29) is 24.2 Å². The molecule has 2 N–H and O–H groups in total. The molecule has 1 aliphatic carbocycles. The number of alkyl halides is 3. The van der Waals surface area contributed by atoms with Gasteiger partial charge in [0.25, 0.3) is 0 Å². The molecule has 1 aliphatic rings. The van der Waals surface area contributed by atoms with Gasteiger partial charge in [-0.25, -0.2) is 0 Å². The van der Waals surface area contributed by atoms with E-state index in [1.54, 1.807) is 24.3 Å². The Balaban J connectivity index is 2.30. The van der Waals surface area contributed by atoms with Gasteiger partial charge < -0.3 is 10.2 Å². The lowest BCUT2D eigenvalue weighted by molar-refractivity contribution is -0.246. The second kappa shape index (κ2) is 4.58. The van der Waals surface area contributed by atoms with Crippen molar-refractivity contribution in [2.45, 2.75) is 18.2 Å². The molecule has 5 heteroatoms. The second-order valence-electron chi connectivity index (χ2n) is 5.11. The van der Waals surface area contributed by atoms with Gasteiger partial charge in [0.15, 0.2) is 0 Å². The van der Waals surface area contributed by atoms with Crippen LogP contribution in [0.2, 0.25) is 0 Å². The Bertz CT molecular complexity index is 694. The SMILES string of the molecule is OCCc1ccc2c(c1)C(O)(C(F)(F)F)c1ccccc1-2. The maximum Gasteiger partial charge on any atom is 0.425 e. The minimum atomic E-state index is -4.81. The van der Waals surface area contributed by atoms with E-state index < -0.39 is 11.8 Å². The van der Waals surface area contributed by atoms with Gasteiger partial charge in [0.05, 0.1) is 0 Å². The van der Waals surface area contributed by atoms with Crippen LogP contribution in [0.15, 0.2) is 42.5 Å². The van der Waals surface area contributed by atoms with Crippen molar-refractivity contribution in [2.24, 2.45) is 0 Å². The standard InChI is InChI=1S/C16H13F3O2/c17-16(18,19)15(21)13-4-2-1-3-11(13)12-6-5-10(7-8-20)9-14(12)15/h1-6,9,20-21H,7-8H2. The average molecular weight is 294 g/mol. The lowest BCUT2D eigenvalue weighted by Crippen LogP contribution is -2.41. The van der Waals surface area contributed by atoms with Crippen molar-refractivity contribution in [3.05, 3.63) is 59.2 Å². The Hall–Kier alpha value is -1.85. The third-order valence-corrected chi connectivity index (χ3v) is 3.89. The highest BCUT2D eigenvalue weighted by Gasteiger charge is 2.60. The average Bonchev–Trinajstić information content (AvgIpc) is 2.70. The van der Waals surface area contributed by atoms with Crippen molar-refractivity contribution in [1.82, 2.24) is 0 Å². The third-order valence-electron chi connectivity index (χ3n) is 3.89. The topological polar surface area (TPSA) is 40.5 Å². The number of hydrogen-bond acceptors (Lipinski definition) is 2. The molecule has 0 aromatic heterocycles. The van der Waals surface area contributed by atoms with Crippen LogP contribution in [0.5, 0.6) is 0 Å². The molecule has 0 radical (unpaired) electrons. The van der Waals surface area contributed by atoms with E-state index >= 15 is 0 Å². The van der Waals surface area contributed by atoms with Crippen LogP contribution in [0.4, 0.5) is 13.2 Å². The second-order valence-corrected chi connectivity index (χ2v) is 5.11. The molecule has 2 aromatic rings. The first-order valence-corrected chi connectivity index (χ1v) is 6.53. The fraction of sp³-hybridized carbons (Fsp3) is 0.250. The molecule has 0 amide bonds. The minimum Gasteiger partial charge on any atom is -0.396 e. The summed E-state index contributed by atoms with van der Waals surface area (Å²) in [4.78, 5) is 0. The lowest BCUT2D eigenvalue weighted by atomic mass is 9.89. The van der Waals surface area contributed by atoms with E-state index in [0.717, 1.165) is 0 Å². The fourth-order valence-corrected chi connectivity index (χ4v) is 2.89. The summed E-state index contributed by atoms with van der Waals surface area (Å²) in [6.45, 7) is -0.157. The molecule has 0 spiro atoms. The van der Waals surface area contributed by atoms with Gasteiger partial charge in [-0.05, 0) is 23.1 Å². The molecular formula is C16H13F3O2. The van der Waals surface area contributed by atoms with Crippen LogP contribution < -0.4 is 0 Å². The van der Waals surface area contributed by atoms with E-state index in [1.165, 1.54) is 18.2 Å². The van der Waals surface area contributed by atoms with E-state index in [9.17, 15) is 18.3 Å². The molecule has 0 aliphatic heterocycles. The lowest BCUT2D eigenvalue weighted by Gasteiger charge is -2.28. The highest BCUT2D eigenvalue weighted by molar-refractivity contribution is 5.80. The zero-order valence-corrected chi connectivity index (χ0v) is 11.0. The van der Waals surface area contributed by atoms with Crippen LogP contribution in [0.1, 0.15) is 16.7 Å². The van der Waals surface area contributed by atoms with Crippen LogP contribution in [0.25, 0.3) is 11.1 Å². The molecular weight excluding hydrogens is 281 g/mol. The molecule has 1 unspecified atom stereocenters. The van der Waals surface area contributed by atoms with Crippen LogP contribution in [0.3, 0.4) is 0 Å². The van der Waals surface area contributed by atoms with Crippen molar-refractivity contribution in [3.8, 4) is 11.1 Å². The molecule has 2 nitrogen and oxygen atoms in total. The zero-order valence-electron chi connectivity index (χ0n) is 11.0. The maximum absolute atomic E-state index is 13.5. The largest absolute Gasteiger partial charge is 0.425 e. The number of aliphatic hydroxyl groups is 2. The normalized spacial score (nSPS) is 20.2. The van der Waals surface area contributed by atoms with Crippen molar-refractivity contribution in [3.63, 3.8) is 0 Å². The molecule has 0 saturated carbocycles. The number of benzene rings is 2. The van der Waals surface area contributed by atoms with Gasteiger partial charge in [0.1, 0.15) is 0 Å². The highest BCUT2D eigenvalue weighted by atomic mass is 19.4. The zero-order chi connectivity index (χ0) is 15.3. The Morgan fingerprint density at radius 2 is 1.62 bits per heavy atom. The van der Waals surface area contributed by atoms with Gasteiger partial charge >= 0.3 is 6.18 Å². The monoisotopic (exact) mass is 294 g/mol. The van der Waals surface area contributed by atoms with Crippen LogP contribution in [-0.4, -0.2) is 23.0 Å². The summed E-state index contributed by atoms with van der Waals surface area (Å²) < 4.78 is 40.6. The molecule has 0 fully saturated rings. The molecule has 21 heavy (non-hydrogen) atoms. The van der Waals surface area contributed by atoms with E-state index in [2.05, 4.69) is 0 Å². The first-order chi connectivity index (χ1) is 9.89. The van der Waals surface area contributed by atoms with Gasteiger partial charge in [-0.2, -0.15) is 13.2 Å². The first kappa shape index (κ1) is 14.1. The van der Waals surface area contributed by atoms with Gasteiger partial charge in [-0.3, -0.25) is 0 Å². The number of halogens is 3. The summed E-state index contributed by atoms with van der Waals surface area (Å²) >= 11 is 0. The smallest absolute Gasteiger partial charge is 0.396 e. The molecule has 0 bridgehead atoms. The molecule has 2 aromatic carbocycles. The Kier molecular flexibility index (Phi) is 3.07. The fourth-order valence-electron chi connectivity index (χ4n) is 2.89. The quantitative estimate of drug-likeness (QED) is 0.894. The van der Waals surface area contributed by atoms with Crippen molar-refractivity contribution in [1.29, 1.82) is 0 Å². The van der Waals surface area contributed by atoms with Crippen molar-refractivity contribution < 1.29 is 23.4 Å². The van der Waals surface area contributed by atoms with Crippen molar-refractivity contribution in [2.75, 3.05) is 6.61 Å². The maximum atomic E-state index is 13.5. The summed E-state index contributed by atoms with van der Waals surface area (Å²) in [5.41, 5.74) is -1.97. The minimum absolute atomic E-state index is 0.145. The van der Waals surface area contributed by atoms with Gasteiger partial charge in [-0.15, -0.1) is 0 Å². The third kappa shape index (κ3) is 1.88. The molecule has 0 saturated heterocycles. The Morgan fingerprint density at radius 1 is 0.952 bits per heavy atom. The van der Waals surface area contributed by atoms with Gasteiger partial charge in [0.2, 0.25) is 5.60 Å². The van der Waals surface area contributed by atoms with E-state index in [1.807, 2.05) is 0 Å². The molecule has 0 heterocycles. The number of hydrogen-bond donors (Lipinski definition) is 2. The Morgan fingerprint density at radius 3 is 2.29 bits per heavy atom. The van der Waals surface area contributed by atoms with Crippen LogP contribution in [0, 0.1) is 0 Å². The first-order valence-electron chi connectivity index (χ1n) is 6.53. The van der Waals surface area contributed by atoms with Crippen LogP contribution >= 0.6 is 0 Å². The summed E-state index contributed by atoms with van der Waals surface area (Å²) in [5, 5.41) is 19.4. The van der Waals surface area contributed by atoms with E-state index in [0.29, 0.717) is 16.7 Å². The number of aliphatic hydroxyl groups excluding tert-OH is 1. The molecule has 3 rings (SSSR count). The molecule has 1 atom stereocenters. The van der Waals surface area contributed by atoms with Crippen molar-refractivity contribution >= 4 is 0 Å². The van der Waals surface area contributed by atoms with Crippen LogP contribution in [-0.2, 0) is 12.0 Å². The predicted octanol–water partition coefficient (Wildman–Crippen LogP) is 3.00. The summed E-state index contributed by atoms with van der Waals surface area (Å²) in [6.07, 6.45) is -4.57. The summed E-state index contributed by atoms with van der Waals surface area (Å²) in [5.74, 6) is 0. The van der Waals surface area contributed by atoms with Gasteiger partial charge in [0, 0.05) is 17.7 Å². The predicted molar refractivity (Wildman–Crippen MR) is 71.7 cm³/mol.